The molecule has 11 heavy (non-hydrogen) atoms. The molecule has 0 aromatic carbocycles. The summed E-state index contributed by atoms with van der Waals surface area (Å²) in [4.78, 5) is 7.82. The summed E-state index contributed by atoms with van der Waals surface area (Å²) in [5, 5.41) is 11.0. The highest BCUT2D eigenvalue weighted by Crippen LogP contribution is 1.98. The van der Waals surface area contributed by atoms with Crippen molar-refractivity contribution in [2.45, 2.75) is 0 Å². The fourth-order valence-corrected chi connectivity index (χ4v) is 0.905. The molecule has 54 valence electrons. The average Bonchev–Trinajstić information content (AvgIpc) is 2.06. The van der Waals surface area contributed by atoms with Crippen molar-refractivity contribution in [3.63, 3.8) is 0 Å². The van der Waals surface area contributed by atoms with Crippen LogP contribution in [0.1, 0.15) is 0 Å². The van der Waals surface area contributed by atoms with E-state index in [0.717, 1.165) is 4.73 Å². The van der Waals surface area contributed by atoms with Crippen LogP contribution < -0.4 is 4.73 Å². The molecular formula is C7H5N3O. The van der Waals surface area contributed by atoms with Crippen LogP contribution in [-0.2, 0) is 0 Å². The Hall–Kier alpha value is -1.71. The second-order valence-corrected chi connectivity index (χ2v) is 2.10. The molecule has 4 nitrogen and oxygen atoms in total. The second kappa shape index (κ2) is 2.16. The lowest BCUT2D eigenvalue weighted by Crippen LogP contribution is -2.26. The van der Waals surface area contributed by atoms with E-state index in [2.05, 4.69) is 9.97 Å². The smallest absolute Gasteiger partial charge is 0.261 e. The lowest BCUT2D eigenvalue weighted by Gasteiger charge is -1.96. The molecule has 0 saturated heterocycles. The van der Waals surface area contributed by atoms with Gasteiger partial charge in [-0.3, -0.25) is 0 Å². The van der Waals surface area contributed by atoms with Gasteiger partial charge in [-0.05, 0) is 6.07 Å². The van der Waals surface area contributed by atoms with Crippen LogP contribution in [0, 0.1) is 5.21 Å². The first-order valence-electron chi connectivity index (χ1n) is 3.17. The number of hydrogen-bond donors (Lipinski definition) is 0. The lowest BCUT2D eigenvalue weighted by atomic mass is 10.4. The third kappa shape index (κ3) is 0.881. The van der Waals surface area contributed by atoms with Gasteiger partial charge in [0.05, 0.1) is 6.20 Å². The molecule has 4 heteroatoms. The lowest BCUT2D eigenvalue weighted by molar-refractivity contribution is -0.577. The molecule has 2 heterocycles. The van der Waals surface area contributed by atoms with Crippen molar-refractivity contribution >= 4 is 11.2 Å². The quantitative estimate of drug-likeness (QED) is 0.397. The molecule has 0 aliphatic carbocycles. The molecule has 0 N–H and O–H groups in total. The van der Waals surface area contributed by atoms with Gasteiger partial charge in [-0.25, -0.2) is 9.97 Å². The topological polar surface area (TPSA) is 52.7 Å². The van der Waals surface area contributed by atoms with Gasteiger partial charge in [-0.15, -0.1) is 0 Å². The van der Waals surface area contributed by atoms with Crippen molar-refractivity contribution in [1.29, 1.82) is 0 Å². The Kier molecular flexibility index (Phi) is 1.18. The Morgan fingerprint density at radius 1 is 1.27 bits per heavy atom. The Bertz CT molecular complexity index is 383. The zero-order valence-electron chi connectivity index (χ0n) is 5.64. The van der Waals surface area contributed by atoms with Gasteiger partial charge in [-0.1, -0.05) is 0 Å². The van der Waals surface area contributed by atoms with Crippen LogP contribution in [0.2, 0.25) is 0 Å². The van der Waals surface area contributed by atoms with Crippen LogP contribution in [0.4, 0.5) is 0 Å². The van der Waals surface area contributed by atoms with E-state index in [4.69, 9.17) is 0 Å². The normalized spacial score (nSPS) is 10.2. The van der Waals surface area contributed by atoms with Crippen LogP contribution >= 0.6 is 0 Å². The summed E-state index contributed by atoms with van der Waals surface area (Å²) in [7, 11) is 0. The van der Waals surface area contributed by atoms with Crippen LogP contribution in [-0.4, -0.2) is 9.97 Å². The maximum absolute atomic E-state index is 11.0. The minimum absolute atomic E-state index is 0.477. The molecule has 0 aliphatic heterocycles. The molecule has 0 aliphatic rings. The van der Waals surface area contributed by atoms with E-state index < -0.39 is 0 Å². The molecular weight excluding hydrogens is 142 g/mol. The van der Waals surface area contributed by atoms with Crippen LogP contribution in [0.15, 0.2) is 30.7 Å². The van der Waals surface area contributed by atoms with Gasteiger partial charge < -0.3 is 5.21 Å². The fraction of sp³-hybridized carbons (Fsp3) is 0. The summed E-state index contributed by atoms with van der Waals surface area (Å²) < 4.78 is 0.745. The molecule has 0 amide bonds. The van der Waals surface area contributed by atoms with Crippen molar-refractivity contribution in [1.82, 2.24) is 9.97 Å². The summed E-state index contributed by atoms with van der Waals surface area (Å²) in [5.74, 6) is 0. The summed E-state index contributed by atoms with van der Waals surface area (Å²) in [6, 6.07) is 3.39. The highest BCUT2D eigenvalue weighted by atomic mass is 16.5. The first-order valence-corrected chi connectivity index (χ1v) is 3.17. The molecule has 2 rings (SSSR count). The van der Waals surface area contributed by atoms with Crippen molar-refractivity contribution < 1.29 is 4.73 Å². The van der Waals surface area contributed by atoms with Crippen LogP contribution in [0.3, 0.4) is 0 Å². The van der Waals surface area contributed by atoms with E-state index in [1.807, 2.05) is 0 Å². The van der Waals surface area contributed by atoms with Gasteiger partial charge >= 0.3 is 0 Å². The number of nitrogens with zero attached hydrogens (tertiary/aromatic N) is 3. The summed E-state index contributed by atoms with van der Waals surface area (Å²) in [6.45, 7) is 0. The first kappa shape index (κ1) is 6.03. The van der Waals surface area contributed by atoms with Crippen molar-refractivity contribution in [2.24, 2.45) is 0 Å². The first-order chi connectivity index (χ1) is 5.38. The molecule has 0 radical (unpaired) electrons. The van der Waals surface area contributed by atoms with Crippen LogP contribution in [0.25, 0.3) is 11.2 Å². The Balaban J connectivity index is 2.91. The van der Waals surface area contributed by atoms with Crippen molar-refractivity contribution in [3.8, 4) is 0 Å². The highest BCUT2D eigenvalue weighted by Gasteiger charge is 2.01. The van der Waals surface area contributed by atoms with E-state index >= 15 is 0 Å². The predicted molar refractivity (Wildman–Crippen MR) is 38.5 cm³/mol. The van der Waals surface area contributed by atoms with E-state index in [1.54, 1.807) is 18.3 Å². The van der Waals surface area contributed by atoms with Crippen LogP contribution in [0.5, 0.6) is 0 Å². The zero-order chi connectivity index (χ0) is 7.68. The van der Waals surface area contributed by atoms with Gasteiger partial charge in [0.25, 0.3) is 5.52 Å². The third-order valence-electron chi connectivity index (χ3n) is 1.40. The fourth-order valence-electron chi connectivity index (χ4n) is 0.905. The largest absolute Gasteiger partial charge is 0.618 e. The van der Waals surface area contributed by atoms with Gasteiger partial charge in [0, 0.05) is 12.3 Å². The Morgan fingerprint density at radius 3 is 2.91 bits per heavy atom. The monoisotopic (exact) mass is 147 g/mol. The number of aromatic nitrogens is 3. The molecule has 0 spiro atoms. The maximum Gasteiger partial charge on any atom is 0.261 e. The van der Waals surface area contributed by atoms with Crippen molar-refractivity contribution in [2.75, 3.05) is 0 Å². The average molecular weight is 147 g/mol. The molecule has 0 fully saturated rings. The Morgan fingerprint density at radius 2 is 2.09 bits per heavy atom. The zero-order valence-corrected chi connectivity index (χ0v) is 5.64. The van der Waals surface area contributed by atoms with E-state index in [1.165, 1.54) is 12.4 Å². The SMILES string of the molecule is [O-][n+]1ccnc2ncccc21. The van der Waals surface area contributed by atoms with Gasteiger partial charge in [0.15, 0.2) is 6.20 Å². The predicted octanol–water partition coefficient (Wildman–Crippen LogP) is 0.263. The number of pyridine rings is 1. The number of fused-ring (bicyclic) bond motifs is 1. The molecule has 2 aromatic rings. The number of rotatable bonds is 0. The summed E-state index contributed by atoms with van der Waals surface area (Å²) >= 11 is 0. The molecule has 0 atom stereocenters. The summed E-state index contributed by atoms with van der Waals surface area (Å²) in [6.07, 6.45) is 4.39. The number of hydrogen-bond acceptors (Lipinski definition) is 3. The Labute approximate surface area is 62.7 Å². The maximum atomic E-state index is 11.0. The minimum Gasteiger partial charge on any atom is -0.618 e. The van der Waals surface area contributed by atoms with Gasteiger partial charge in [-0.2, -0.15) is 4.73 Å². The minimum atomic E-state index is 0.477. The van der Waals surface area contributed by atoms with Gasteiger partial charge in [0.2, 0.25) is 5.65 Å². The molecule has 0 unspecified atom stereocenters. The van der Waals surface area contributed by atoms with E-state index in [0.29, 0.717) is 11.2 Å². The second-order valence-electron chi connectivity index (χ2n) is 2.10. The van der Waals surface area contributed by atoms with Crippen molar-refractivity contribution in [3.05, 3.63) is 35.9 Å². The molecule has 0 saturated carbocycles. The summed E-state index contributed by atoms with van der Waals surface area (Å²) in [5.41, 5.74) is 0.972. The van der Waals surface area contributed by atoms with E-state index in [9.17, 15) is 5.21 Å². The molecule has 0 bridgehead atoms. The standard InChI is InChI=1S/C7H5N3O/c11-10-5-4-9-7-6(10)2-1-3-8-7/h1-5H. The van der Waals surface area contributed by atoms with Gasteiger partial charge in [0.1, 0.15) is 0 Å². The molecule has 2 aromatic heterocycles. The highest BCUT2D eigenvalue weighted by molar-refractivity contribution is 5.64. The third-order valence-corrected chi connectivity index (χ3v) is 1.40. The van der Waals surface area contributed by atoms with E-state index in [-0.39, 0.29) is 0 Å².